The molecule has 0 unspecified atom stereocenters. The molecule has 3 heteroatoms. The standard InChI is InChI=1S/C4H4S3.2C2H6/c1-3-2-4(5)7-6-3;2*1-2/h2H,1H3;2*1-2H3. The van der Waals surface area contributed by atoms with E-state index in [2.05, 4.69) is 6.92 Å². The number of hydrogen-bond donors (Lipinski definition) is 0. The lowest BCUT2D eigenvalue weighted by atomic mass is 10.6. The average molecular weight is 208 g/mol. The Morgan fingerprint density at radius 3 is 1.64 bits per heavy atom. The Morgan fingerprint density at radius 1 is 1.09 bits per heavy atom. The third-order valence-electron chi connectivity index (χ3n) is 0.576. The molecule has 1 heterocycles. The normalized spacial score (nSPS) is 7.00. The van der Waals surface area contributed by atoms with E-state index in [1.165, 1.54) is 4.88 Å². The highest BCUT2D eigenvalue weighted by molar-refractivity contribution is 7.79. The predicted molar refractivity (Wildman–Crippen MR) is 60.5 cm³/mol. The van der Waals surface area contributed by atoms with Crippen LogP contribution in [0.25, 0.3) is 0 Å². The first-order valence-corrected chi connectivity index (χ1v) is 6.41. The van der Waals surface area contributed by atoms with Gasteiger partial charge in [-0.15, -0.1) is 0 Å². The Balaban J connectivity index is 0. The van der Waals surface area contributed by atoms with Crippen LogP contribution in [-0.2, 0) is 0 Å². The van der Waals surface area contributed by atoms with Crippen LogP contribution in [0, 0.1) is 10.7 Å². The second-order valence-electron chi connectivity index (χ2n) is 1.24. The summed E-state index contributed by atoms with van der Waals surface area (Å²) in [5, 5.41) is 0. The summed E-state index contributed by atoms with van der Waals surface area (Å²) in [7, 11) is 3.40. The van der Waals surface area contributed by atoms with Crippen LogP contribution in [0.3, 0.4) is 0 Å². The summed E-state index contributed by atoms with van der Waals surface area (Å²) in [6.45, 7) is 10.1. The van der Waals surface area contributed by atoms with Gasteiger partial charge in [-0.3, -0.25) is 0 Å². The fourth-order valence-corrected chi connectivity index (χ4v) is 2.49. The lowest BCUT2D eigenvalue weighted by molar-refractivity contribution is 1.50. The number of aryl methyl sites for hydroxylation is 1. The van der Waals surface area contributed by atoms with Crippen LogP contribution in [-0.4, -0.2) is 0 Å². The van der Waals surface area contributed by atoms with Gasteiger partial charge < -0.3 is 0 Å². The molecular weight excluding hydrogens is 192 g/mol. The van der Waals surface area contributed by atoms with Crippen LogP contribution in [0.15, 0.2) is 6.07 Å². The van der Waals surface area contributed by atoms with Crippen molar-refractivity contribution in [1.82, 2.24) is 0 Å². The zero-order chi connectivity index (χ0) is 9.28. The molecule has 0 atom stereocenters. The van der Waals surface area contributed by atoms with Crippen molar-refractivity contribution in [1.29, 1.82) is 0 Å². The Morgan fingerprint density at radius 2 is 1.55 bits per heavy atom. The van der Waals surface area contributed by atoms with Gasteiger partial charge in [0.1, 0.15) is 3.82 Å². The quantitative estimate of drug-likeness (QED) is 0.431. The van der Waals surface area contributed by atoms with Crippen LogP contribution in [0.4, 0.5) is 0 Å². The molecule has 0 aliphatic carbocycles. The van der Waals surface area contributed by atoms with E-state index >= 15 is 0 Å². The summed E-state index contributed by atoms with van der Waals surface area (Å²) in [5.74, 6) is 0. The van der Waals surface area contributed by atoms with Crippen LogP contribution < -0.4 is 0 Å². The molecule has 0 spiro atoms. The molecule has 0 aliphatic heterocycles. The molecular formula is C8H16S3. The van der Waals surface area contributed by atoms with Gasteiger partial charge in [0.25, 0.3) is 0 Å². The van der Waals surface area contributed by atoms with Crippen molar-refractivity contribution in [2.24, 2.45) is 0 Å². The van der Waals surface area contributed by atoms with Gasteiger partial charge in [0.2, 0.25) is 0 Å². The van der Waals surface area contributed by atoms with Crippen molar-refractivity contribution in [3.63, 3.8) is 0 Å². The van der Waals surface area contributed by atoms with Gasteiger partial charge in [-0.05, 0) is 13.0 Å². The minimum absolute atomic E-state index is 1.00. The topological polar surface area (TPSA) is 0 Å². The maximum atomic E-state index is 4.86. The first-order valence-electron chi connectivity index (χ1n) is 3.86. The van der Waals surface area contributed by atoms with Crippen LogP contribution >= 0.6 is 32.9 Å². The van der Waals surface area contributed by atoms with E-state index in [1.807, 2.05) is 33.8 Å². The molecule has 11 heavy (non-hydrogen) atoms. The first-order chi connectivity index (χ1) is 5.29. The minimum atomic E-state index is 1.00. The van der Waals surface area contributed by atoms with E-state index < -0.39 is 0 Å². The summed E-state index contributed by atoms with van der Waals surface area (Å²) >= 11 is 4.86. The van der Waals surface area contributed by atoms with E-state index in [-0.39, 0.29) is 0 Å². The van der Waals surface area contributed by atoms with Gasteiger partial charge in [0, 0.05) is 4.88 Å². The van der Waals surface area contributed by atoms with Gasteiger partial charge in [-0.1, -0.05) is 60.6 Å². The molecule has 0 saturated heterocycles. The highest BCUT2D eigenvalue weighted by Crippen LogP contribution is 2.15. The summed E-state index contributed by atoms with van der Waals surface area (Å²) in [6.07, 6.45) is 0. The van der Waals surface area contributed by atoms with Crippen molar-refractivity contribution >= 4 is 32.9 Å². The molecule has 0 bridgehead atoms. The molecule has 0 amide bonds. The predicted octanol–water partition coefficient (Wildman–Crippen LogP) is 4.90. The first kappa shape index (κ1) is 13.8. The second kappa shape index (κ2) is 10.3. The Labute approximate surface area is 82.3 Å². The third kappa shape index (κ3) is 8.17. The Hall–Kier alpha value is 0.270. The molecule has 1 aromatic heterocycles. The minimum Gasteiger partial charge on any atom is -0.0840 e. The van der Waals surface area contributed by atoms with E-state index in [4.69, 9.17) is 12.2 Å². The van der Waals surface area contributed by atoms with Gasteiger partial charge >= 0.3 is 0 Å². The van der Waals surface area contributed by atoms with Gasteiger partial charge in [-0.2, -0.15) is 0 Å². The van der Waals surface area contributed by atoms with E-state index in [0.29, 0.717) is 0 Å². The van der Waals surface area contributed by atoms with Crippen molar-refractivity contribution in [2.75, 3.05) is 0 Å². The van der Waals surface area contributed by atoms with Gasteiger partial charge in [0.15, 0.2) is 0 Å². The average Bonchev–Trinajstić information content (AvgIpc) is 2.43. The van der Waals surface area contributed by atoms with E-state index in [0.717, 1.165) is 3.82 Å². The van der Waals surface area contributed by atoms with E-state index in [1.54, 1.807) is 20.7 Å². The van der Waals surface area contributed by atoms with Crippen LogP contribution in [0.1, 0.15) is 32.6 Å². The number of rotatable bonds is 0. The fraction of sp³-hybridized carbons (Fsp3) is 0.625. The zero-order valence-electron chi connectivity index (χ0n) is 7.80. The van der Waals surface area contributed by atoms with Crippen molar-refractivity contribution in [3.05, 3.63) is 14.8 Å². The summed E-state index contributed by atoms with van der Waals surface area (Å²) in [4.78, 5) is 1.31. The van der Waals surface area contributed by atoms with Crippen molar-refractivity contribution in [2.45, 2.75) is 34.6 Å². The largest absolute Gasteiger partial charge is 0.102 e. The van der Waals surface area contributed by atoms with E-state index in [9.17, 15) is 0 Å². The molecule has 1 aromatic rings. The van der Waals surface area contributed by atoms with Crippen LogP contribution in [0.2, 0.25) is 0 Å². The molecule has 0 nitrogen and oxygen atoms in total. The fourth-order valence-electron chi connectivity index (χ4n) is 0.321. The Bertz CT molecular complexity index is 197. The maximum Gasteiger partial charge on any atom is 0.102 e. The summed E-state index contributed by atoms with van der Waals surface area (Å²) in [5.41, 5.74) is 0. The van der Waals surface area contributed by atoms with Crippen molar-refractivity contribution in [3.8, 4) is 0 Å². The summed E-state index contributed by atoms with van der Waals surface area (Å²) < 4.78 is 1.00. The molecule has 0 fully saturated rings. The molecule has 0 N–H and O–H groups in total. The molecule has 0 saturated carbocycles. The molecule has 1 rings (SSSR count). The highest BCUT2D eigenvalue weighted by Gasteiger charge is 1.82. The monoisotopic (exact) mass is 208 g/mol. The number of hydrogen-bond acceptors (Lipinski definition) is 3. The molecule has 0 aliphatic rings. The summed E-state index contributed by atoms with van der Waals surface area (Å²) in [6, 6.07) is 2.02. The lowest BCUT2D eigenvalue weighted by Gasteiger charge is -1.64. The molecule has 0 radical (unpaired) electrons. The smallest absolute Gasteiger partial charge is 0.0840 e. The third-order valence-corrected chi connectivity index (χ3v) is 3.58. The van der Waals surface area contributed by atoms with Crippen molar-refractivity contribution < 1.29 is 0 Å². The van der Waals surface area contributed by atoms with Gasteiger partial charge in [0.05, 0.1) is 0 Å². The second-order valence-corrected chi connectivity index (χ2v) is 4.36. The Kier molecular flexibility index (Phi) is 12.9. The highest BCUT2D eigenvalue weighted by atomic mass is 32.9. The zero-order valence-corrected chi connectivity index (χ0v) is 10.3. The molecule has 66 valence electrons. The molecule has 0 aromatic carbocycles. The van der Waals surface area contributed by atoms with Crippen LogP contribution in [0.5, 0.6) is 0 Å². The SMILES string of the molecule is CC.CC.Cc1cc(=S)ss1. The maximum absolute atomic E-state index is 4.86. The van der Waals surface area contributed by atoms with Gasteiger partial charge in [-0.25, -0.2) is 0 Å². The lowest BCUT2D eigenvalue weighted by Crippen LogP contribution is -1.45.